The summed E-state index contributed by atoms with van der Waals surface area (Å²) in [6, 6.07) is 15.2. The van der Waals surface area contributed by atoms with Gasteiger partial charge in [-0.25, -0.2) is 4.79 Å². The van der Waals surface area contributed by atoms with Crippen LogP contribution < -0.4 is 5.32 Å². The lowest BCUT2D eigenvalue weighted by molar-refractivity contribution is -0.141. The van der Waals surface area contributed by atoms with Crippen LogP contribution in [-0.2, 0) is 16.0 Å². The fraction of sp³-hybridized carbons (Fsp3) is 0.111. The minimum absolute atomic E-state index is 0.224. The largest absolute Gasteiger partial charge is 0.480 e. The quantitative estimate of drug-likeness (QED) is 0.800. The molecule has 0 heterocycles. The summed E-state index contributed by atoms with van der Waals surface area (Å²) in [4.78, 5) is 23.2. The molecule has 2 N–H and O–H groups in total. The molecule has 23 heavy (non-hydrogen) atoms. The predicted molar refractivity (Wildman–Crippen MR) is 90.2 cm³/mol. The molecule has 0 aliphatic heterocycles. The van der Waals surface area contributed by atoms with Crippen molar-refractivity contribution in [1.82, 2.24) is 5.32 Å². The summed E-state index contributed by atoms with van der Waals surface area (Å²) in [7, 11) is 0. The van der Waals surface area contributed by atoms with Crippen LogP contribution in [0.5, 0.6) is 0 Å². The van der Waals surface area contributed by atoms with Gasteiger partial charge in [-0.05, 0) is 23.3 Å². The Bertz CT molecular complexity index is 713. The van der Waals surface area contributed by atoms with Gasteiger partial charge in [0.1, 0.15) is 6.04 Å². The van der Waals surface area contributed by atoms with Gasteiger partial charge in [-0.2, -0.15) is 0 Å². The molecular formula is C18H16ClNO3. The van der Waals surface area contributed by atoms with Crippen LogP contribution in [0.15, 0.2) is 60.7 Å². The number of carboxylic acids is 1. The fourth-order valence-electron chi connectivity index (χ4n) is 2.05. The van der Waals surface area contributed by atoms with Crippen molar-refractivity contribution in [3.63, 3.8) is 0 Å². The second-order valence-electron chi connectivity index (χ2n) is 4.94. The number of carbonyl (C=O) groups excluding carboxylic acids is 1. The minimum atomic E-state index is -1.08. The number of rotatable bonds is 6. The molecule has 0 aliphatic rings. The number of amides is 1. The lowest BCUT2D eigenvalue weighted by Gasteiger charge is -2.13. The molecule has 4 nitrogen and oxygen atoms in total. The summed E-state index contributed by atoms with van der Waals surface area (Å²) in [6.45, 7) is 0. The molecule has 1 atom stereocenters. The number of hydrogen-bond acceptors (Lipinski definition) is 2. The molecule has 2 aromatic carbocycles. The van der Waals surface area contributed by atoms with Crippen LogP contribution in [0.4, 0.5) is 0 Å². The third kappa shape index (κ3) is 5.27. The van der Waals surface area contributed by atoms with E-state index in [9.17, 15) is 14.7 Å². The molecule has 2 rings (SSSR count). The number of carbonyl (C=O) groups is 2. The third-order valence-corrected chi connectivity index (χ3v) is 3.56. The fourth-order valence-corrected chi connectivity index (χ4v) is 2.24. The van der Waals surface area contributed by atoms with Crippen molar-refractivity contribution in [1.29, 1.82) is 0 Å². The minimum Gasteiger partial charge on any atom is -0.480 e. The maximum absolute atomic E-state index is 11.9. The van der Waals surface area contributed by atoms with E-state index in [1.54, 1.807) is 30.3 Å². The first-order chi connectivity index (χ1) is 11.1. The van der Waals surface area contributed by atoms with E-state index >= 15 is 0 Å². The number of carboxylic acid groups (broad SMARTS) is 1. The van der Waals surface area contributed by atoms with Crippen LogP contribution in [0.1, 0.15) is 11.1 Å². The standard InChI is InChI=1S/C18H16ClNO3/c19-15-9-5-4-8-14(15)10-11-17(21)20-16(18(22)23)12-13-6-2-1-3-7-13/h1-11,16H,12H2,(H,20,21)(H,22,23)/b11-10+/t16-/m0/s1. The molecule has 0 spiro atoms. The molecule has 0 fully saturated rings. The Kier molecular flexibility index (Phi) is 5.94. The molecule has 0 radical (unpaired) electrons. The molecular weight excluding hydrogens is 314 g/mol. The van der Waals surface area contributed by atoms with Crippen LogP contribution in [0, 0.1) is 0 Å². The van der Waals surface area contributed by atoms with Gasteiger partial charge < -0.3 is 10.4 Å². The highest BCUT2D eigenvalue weighted by atomic mass is 35.5. The highest BCUT2D eigenvalue weighted by molar-refractivity contribution is 6.32. The molecule has 118 valence electrons. The zero-order valence-corrected chi connectivity index (χ0v) is 13.0. The van der Waals surface area contributed by atoms with E-state index in [0.717, 1.165) is 5.56 Å². The number of halogens is 1. The maximum atomic E-state index is 11.9. The van der Waals surface area contributed by atoms with Gasteiger partial charge in [0.15, 0.2) is 0 Å². The lowest BCUT2D eigenvalue weighted by Crippen LogP contribution is -2.41. The SMILES string of the molecule is O=C(/C=C/c1ccccc1Cl)N[C@@H](Cc1ccccc1)C(=O)O. The van der Waals surface area contributed by atoms with Crippen molar-refractivity contribution in [2.24, 2.45) is 0 Å². The van der Waals surface area contributed by atoms with Gasteiger partial charge in [0.05, 0.1) is 0 Å². The monoisotopic (exact) mass is 329 g/mol. The summed E-state index contributed by atoms with van der Waals surface area (Å²) < 4.78 is 0. The topological polar surface area (TPSA) is 66.4 Å². The molecule has 0 aliphatic carbocycles. The van der Waals surface area contributed by atoms with E-state index in [1.165, 1.54) is 6.08 Å². The van der Waals surface area contributed by atoms with Crippen molar-refractivity contribution >= 4 is 29.6 Å². The second kappa shape index (κ2) is 8.15. The van der Waals surface area contributed by atoms with Gasteiger partial charge in [-0.15, -0.1) is 0 Å². The Morgan fingerprint density at radius 2 is 1.74 bits per heavy atom. The number of aliphatic carboxylic acids is 1. The van der Waals surface area contributed by atoms with Gasteiger partial charge in [-0.3, -0.25) is 4.79 Å². The number of benzene rings is 2. The first-order valence-electron chi connectivity index (χ1n) is 7.06. The summed E-state index contributed by atoms with van der Waals surface area (Å²) >= 11 is 5.99. The Balaban J connectivity index is 2.01. The third-order valence-electron chi connectivity index (χ3n) is 3.22. The van der Waals surface area contributed by atoms with Crippen molar-refractivity contribution in [3.05, 3.63) is 76.8 Å². The van der Waals surface area contributed by atoms with Gasteiger partial charge in [0.25, 0.3) is 0 Å². The molecule has 0 aromatic heterocycles. The Morgan fingerprint density at radius 3 is 2.39 bits per heavy atom. The van der Waals surface area contributed by atoms with E-state index in [4.69, 9.17) is 11.6 Å². The summed E-state index contributed by atoms with van der Waals surface area (Å²) in [5.41, 5.74) is 1.54. The summed E-state index contributed by atoms with van der Waals surface area (Å²) in [5, 5.41) is 12.3. The molecule has 0 unspecified atom stereocenters. The molecule has 0 bridgehead atoms. The lowest BCUT2D eigenvalue weighted by atomic mass is 10.1. The number of hydrogen-bond donors (Lipinski definition) is 2. The van der Waals surface area contributed by atoms with Crippen molar-refractivity contribution < 1.29 is 14.7 Å². The van der Waals surface area contributed by atoms with Crippen molar-refractivity contribution in [3.8, 4) is 0 Å². The average molecular weight is 330 g/mol. The van der Waals surface area contributed by atoms with Crippen LogP contribution >= 0.6 is 11.6 Å². The van der Waals surface area contributed by atoms with Gasteiger partial charge in [0.2, 0.25) is 5.91 Å². The number of nitrogens with one attached hydrogen (secondary N) is 1. The van der Waals surface area contributed by atoms with E-state index in [0.29, 0.717) is 10.6 Å². The zero-order chi connectivity index (χ0) is 16.7. The van der Waals surface area contributed by atoms with Gasteiger partial charge in [0, 0.05) is 17.5 Å². The first kappa shape index (κ1) is 16.8. The van der Waals surface area contributed by atoms with E-state index in [-0.39, 0.29) is 6.42 Å². The van der Waals surface area contributed by atoms with E-state index < -0.39 is 17.9 Å². The smallest absolute Gasteiger partial charge is 0.326 e. The first-order valence-corrected chi connectivity index (χ1v) is 7.44. The second-order valence-corrected chi connectivity index (χ2v) is 5.35. The molecule has 0 saturated carbocycles. The summed E-state index contributed by atoms with van der Waals surface area (Å²) in [6.07, 6.45) is 3.06. The predicted octanol–water partition coefficient (Wildman–Crippen LogP) is 3.17. The highest BCUT2D eigenvalue weighted by Gasteiger charge is 2.19. The van der Waals surface area contributed by atoms with Crippen LogP contribution in [0.25, 0.3) is 6.08 Å². The van der Waals surface area contributed by atoms with Crippen LogP contribution in [0.3, 0.4) is 0 Å². The van der Waals surface area contributed by atoms with E-state index in [1.807, 2.05) is 30.3 Å². The van der Waals surface area contributed by atoms with Crippen molar-refractivity contribution in [2.45, 2.75) is 12.5 Å². The zero-order valence-electron chi connectivity index (χ0n) is 12.3. The average Bonchev–Trinajstić information content (AvgIpc) is 2.54. The van der Waals surface area contributed by atoms with Crippen LogP contribution in [0.2, 0.25) is 5.02 Å². The Morgan fingerprint density at radius 1 is 1.09 bits per heavy atom. The molecule has 0 saturated heterocycles. The summed E-state index contributed by atoms with van der Waals surface area (Å²) in [5.74, 6) is -1.55. The molecule has 1 amide bonds. The Labute approximate surface area is 139 Å². The van der Waals surface area contributed by atoms with Crippen molar-refractivity contribution in [2.75, 3.05) is 0 Å². The van der Waals surface area contributed by atoms with Crippen LogP contribution in [-0.4, -0.2) is 23.0 Å². The molecule has 5 heteroatoms. The van der Waals surface area contributed by atoms with E-state index in [2.05, 4.69) is 5.32 Å². The van der Waals surface area contributed by atoms with Gasteiger partial charge in [-0.1, -0.05) is 60.1 Å². The normalized spacial score (nSPS) is 12.0. The maximum Gasteiger partial charge on any atom is 0.326 e. The molecule has 2 aromatic rings. The highest BCUT2D eigenvalue weighted by Crippen LogP contribution is 2.16. The van der Waals surface area contributed by atoms with Gasteiger partial charge >= 0.3 is 5.97 Å². The Hall–Kier alpha value is -2.59.